The first-order chi connectivity index (χ1) is 19.1. The van der Waals surface area contributed by atoms with E-state index in [1.165, 1.54) is 28.1 Å². The molecule has 0 bridgehead atoms. The first kappa shape index (κ1) is 27.0. The predicted octanol–water partition coefficient (Wildman–Crippen LogP) is -1.76. The molecular weight excluding hydrogens is 573 g/mol. The van der Waals surface area contributed by atoms with Crippen LogP contribution in [0.4, 0.5) is 5.95 Å². The lowest BCUT2D eigenvalue weighted by atomic mass is 10.1. The summed E-state index contributed by atoms with van der Waals surface area (Å²) in [6.07, 6.45) is -3.27. The van der Waals surface area contributed by atoms with Crippen molar-refractivity contribution in [2.24, 2.45) is 0 Å². The molecule has 0 unspecified atom stereocenters. The number of aromatic nitrogens is 8. The first-order valence-corrected chi connectivity index (χ1v) is 14.8. The van der Waals surface area contributed by atoms with Crippen LogP contribution in [0.25, 0.3) is 22.3 Å². The number of nitrogens with two attached hydrogens (primary N) is 1. The number of anilines is 1. The number of thiol groups is 1. The van der Waals surface area contributed by atoms with Gasteiger partial charge < -0.3 is 40.0 Å². The van der Waals surface area contributed by atoms with E-state index >= 15 is 0 Å². The van der Waals surface area contributed by atoms with E-state index in [1.54, 1.807) is 0 Å². The van der Waals surface area contributed by atoms with Crippen molar-refractivity contribution < 1.29 is 33.9 Å². The van der Waals surface area contributed by atoms with Crippen LogP contribution >= 0.6 is 18.8 Å². The molecule has 2 saturated heterocycles. The van der Waals surface area contributed by atoms with Gasteiger partial charge >= 0.3 is 0 Å². The van der Waals surface area contributed by atoms with Crippen molar-refractivity contribution in [3.8, 4) is 0 Å². The maximum absolute atomic E-state index is 13.8. The Hall–Kier alpha value is -3.16. The van der Waals surface area contributed by atoms with Gasteiger partial charge in [-0.15, -0.1) is 0 Å². The largest absolute Gasteiger partial charge is 0.394 e. The number of nitrogens with zero attached hydrogens (tertiary/aromatic N) is 6. The third kappa shape index (κ3) is 4.44. The number of imidazole rings is 2. The van der Waals surface area contributed by atoms with Gasteiger partial charge in [-0.3, -0.25) is 28.3 Å². The Kier molecular flexibility index (Phi) is 6.78. The van der Waals surface area contributed by atoms with E-state index in [4.69, 9.17) is 19.7 Å². The van der Waals surface area contributed by atoms with Gasteiger partial charge in [-0.1, -0.05) is 12.2 Å². The van der Waals surface area contributed by atoms with E-state index < -0.39 is 73.4 Å². The van der Waals surface area contributed by atoms with Crippen LogP contribution in [-0.2, 0) is 18.6 Å². The van der Waals surface area contributed by atoms with Crippen molar-refractivity contribution in [1.29, 1.82) is 0 Å². The number of fused-ring (bicyclic) bond motifs is 2. The average molecular weight is 598 g/mol. The number of nitrogens with one attached hydrogen (secondary N) is 2. The van der Waals surface area contributed by atoms with Gasteiger partial charge in [0.2, 0.25) is 5.95 Å². The molecule has 0 amide bonds. The molecule has 4 aromatic rings. The lowest BCUT2D eigenvalue weighted by Crippen LogP contribution is -2.34. The quantitative estimate of drug-likeness (QED) is 0.0920. The zero-order chi connectivity index (χ0) is 28.3. The molecule has 7 N–H and O–H groups in total. The minimum absolute atomic E-state index is 0.0170. The number of aliphatic hydroxyl groups excluding tert-OH is 3. The second-order valence-corrected chi connectivity index (χ2v) is 13.1. The fourth-order valence-corrected chi connectivity index (χ4v) is 7.36. The monoisotopic (exact) mass is 597 g/mol. The van der Waals surface area contributed by atoms with Gasteiger partial charge in [0.1, 0.15) is 24.5 Å². The Bertz CT molecular complexity index is 1740. The van der Waals surface area contributed by atoms with Crippen molar-refractivity contribution in [2.75, 3.05) is 18.9 Å². The van der Waals surface area contributed by atoms with Crippen LogP contribution in [0.3, 0.4) is 0 Å². The number of hydrogen-bond acceptors (Lipinski definition) is 14. The van der Waals surface area contributed by atoms with Gasteiger partial charge in [-0.2, -0.15) is 4.98 Å². The van der Waals surface area contributed by atoms with Gasteiger partial charge in [0.25, 0.3) is 17.7 Å². The zero-order valence-corrected chi connectivity index (χ0v) is 22.1. The molecule has 0 aliphatic carbocycles. The number of H-pyrrole nitrogens is 2. The smallest absolute Gasteiger partial charge is 0.280 e. The standard InChI is InChI=1S/C20H24N9O9PS/c21-20-26-15-11(17(34)27-20)25-6-29(15)18-9(1-7(2-30)37-18)39(35,40)36-3-8-12(31)13(32)19(38-8)28-5-24-10-14(28)22-4-23-16(10)33/h4-9,12-13,18-19,30-32H,1-3H2,(H,35,40)(H,22,23,33)(H3,21,26,27,34)/t7-,8+,9+,12+,13+,18+,19+,39+/m0/s1. The molecule has 2 aliphatic rings. The van der Waals surface area contributed by atoms with Gasteiger partial charge in [0.15, 0.2) is 28.6 Å². The maximum atomic E-state index is 13.8. The number of rotatable bonds is 7. The normalized spacial score (nSPS) is 30.4. The number of ether oxygens (including phenoxy) is 2. The highest BCUT2D eigenvalue weighted by Crippen LogP contribution is 2.63. The van der Waals surface area contributed by atoms with E-state index in [2.05, 4.69) is 42.2 Å². The van der Waals surface area contributed by atoms with Crippen LogP contribution in [0.5, 0.6) is 0 Å². The molecule has 4 aromatic heterocycles. The molecule has 6 rings (SSSR count). The highest BCUT2D eigenvalue weighted by Gasteiger charge is 2.49. The summed E-state index contributed by atoms with van der Waals surface area (Å²) >= 11 is 4.32. The first-order valence-electron chi connectivity index (χ1n) is 12.0. The number of aliphatic hydroxyl groups is 3. The third-order valence-electron chi connectivity index (χ3n) is 6.91. The topological polar surface area (TPSA) is 259 Å². The highest BCUT2D eigenvalue weighted by molar-refractivity contribution is 8.46. The molecular formula is C20H24N9O9PS. The minimum Gasteiger partial charge on any atom is -0.394 e. The van der Waals surface area contributed by atoms with E-state index in [0.29, 0.717) is 0 Å². The molecule has 0 spiro atoms. The summed E-state index contributed by atoms with van der Waals surface area (Å²) < 4.78 is 33.8. The molecule has 8 atom stereocenters. The molecule has 6 heterocycles. The summed E-state index contributed by atoms with van der Waals surface area (Å²) in [5, 5.41) is 31.1. The molecule has 40 heavy (non-hydrogen) atoms. The molecule has 214 valence electrons. The summed E-state index contributed by atoms with van der Waals surface area (Å²) in [5.41, 5.74) is 3.87. The Balaban J connectivity index is 1.23. The van der Waals surface area contributed by atoms with Crippen LogP contribution < -0.4 is 16.9 Å². The van der Waals surface area contributed by atoms with E-state index in [-0.39, 0.29) is 34.7 Å². The van der Waals surface area contributed by atoms with Crippen molar-refractivity contribution in [3.05, 3.63) is 39.7 Å². The molecule has 0 radical (unpaired) electrons. The summed E-state index contributed by atoms with van der Waals surface area (Å²) in [5.74, 6) is -0.163. The summed E-state index contributed by atoms with van der Waals surface area (Å²) in [7, 11) is 0. The fourth-order valence-electron chi connectivity index (χ4n) is 4.94. The van der Waals surface area contributed by atoms with Crippen molar-refractivity contribution in [2.45, 2.75) is 49.0 Å². The van der Waals surface area contributed by atoms with Crippen LogP contribution in [-0.4, -0.2) is 97.6 Å². The Morgan fingerprint density at radius 2 is 1.77 bits per heavy atom. The van der Waals surface area contributed by atoms with Crippen molar-refractivity contribution >= 4 is 47.1 Å². The van der Waals surface area contributed by atoms with Crippen LogP contribution in [0.15, 0.2) is 28.6 Å². The Morgan fingerprint density at radius 1 is 1.07 bits per heavy atom. The minimum atomic E-state index is -3.90. The predicted molar refractivity (Wildman–Crippen MR) is 139 cm³/mol. The second kappa shape index (κ2) is 10.0. The molecule has 20 heteroatoms. The van der Waals surface area contributed by atoms with Crippen molar-refractivity contribution in [1.82, 2.24) is 39.0 Å². The molecule has 0 saturated carbocycles. The Labute approximate surface area is 227 Å². The molecule has 2 fully saturated rings. The summed E-state index contributed by atoms with van der Waals surface area (Å²) in [6.45, 7) is -4.74. The molecule has 18 nitrogen and oxygen atoms in total. The summed E-state index contributed by atoms with van der Waals surface area (Å²) in [4.78, 5) is 45.1. The van der Waals surface area contributed by atoms with Gasteiger partial charge in [0, 0.05) is 0 Å². The third-order valence-corrected chi connectivity index (χ3v) is 9.97. The number of hydrogen-bond donors (Lipinski definition) is 7. The van der Waals surface area contributed by atoms with Gasteiger partial charge in [-0.25, -0.2) is 15.0 Å². The average Bonchev–Trinajstić information content (AvgIpc) is 3.69. The maximum Gasteiger partial charge on any atom is 0.280 e. The van der Waals surface area contributed by atoms with E-state index in [9.17, 15) is 29.5 Å². The molecule has 0 aromatic carbocycles. The van der Waals surface area contributed by atoms with Crippen LogP contribution in [0.1, 0.15) is 18.9 Å². The number of aromatic amines is 2. The fraction of sp³-hybridized carbons (Fsp3) is 0.500. The SMILES string of the molecule is Nc1nc2c(ncn2[C@@H]2O[C@H](CO)C[C@H]2[P@](=O)(S)OC[C@H]2O[C@@H](n3cnc4c(=O)[nH]cnc43)[C@H](O)[C@@H]2O)c(=O)[nH]1. The van der Waals surface area contributed by atoms with Gasteiger partial charge in [0.05, 0.1) is 44.0 Å². The lowest BCUT2D eigenvalue weighted by Gasteiger charge is -2.26. The highest BCUT2D eigenvalue weighted by atomic mass is 32.7. The number of nitrogen functional groups attached to an aromatic ring is 1. The van der Waals surface area contributed by atoms with E-state index in [1.807, 2.05) is 0 Å². The van der Waals surface area contributed by atoms with E-state index in [0.717, 1.165) is 0 Å². The summed E-state index contributed by atoms with van der Waals surface area (Å²) in [6, 6.07) is 0. The lowest BCUT2D eigenvalue weighted by molar-refractivity contribution is -0.0474. The van der Waals surface area contributed by atoms with Crippen molar-refractivity contribution in [3.63, 3.8) is 0 Å². The van der Waals surface area contributed by atoms with Crippen LogP contribution in [0, 0.1) is 0 Å². The van der Waals surface area contributed by atoms with Gasteiger partial charge in [-0.05, 0) is 6.42 Å². The second-order valence-electron chi connectivity index (χ2n) is 9.37. The Morgan fingerprint density at radius 3 is 2.50 bits per heavy atom. The van der Waals surface area contributed by atoms with Crippen LogP contribution in [0.2, 0.25) is 0 Å². The molecule has 2 aliphatic heterocycles. The zero-order valence-electron chi connectivity index (χ0n) is 20.3.